The second-order valence-electron chi connectivity index (χ2n) is 8.53. The summed E-state index contributed by atoms with van der Waals surface area (Å²) < 4.78 is 16.7. The molecule has 0 fully saturated rings. The van der Waals surface area contributed by atoms with Gasteiger partial charge in [-0.05, 0) is 48.2 Å². The van der Waals surface area contributed by atoms with E-state index in [0.717, 1.165) is 39.5 Å². The highest BCUT2D eigenvalue weighted by atomic mass is 16.5. The largest absolute Gasteiger partial charge is 0.497 e. The molecule has 0 saturated carbocycles. The first-order valence-corrected chi connectivity index (χ1v) is 11.4. The number of fused-ring (bicyclic) bond motifs is 1. The van der Waals surface area contributed by atoms with Crippen LogP contribution >= 0.6 is 0 Å². The lowest BCUT2D eigenvalue weighted by molar-refractivity contribution is -0.116. The molecule has 0 radical (unpaired) electrons. The Labute approximate surface area is 199 Å². The number of benzene rings is 3. The van der Waals surface area contributed by atoms with Gasteiger partial charge in [0.1, 0.15) is 5.75 Å². The van der Waals surface area contributed by atoms with Gasteiger partial charge in [0.25, 0.3) is 0 Å². The van der Waals surface area contributed by atoms with E-state index < -0.39 is 0 Å². The molecule has 2 N–H and O–H groups in total. The van der Waals surface area contributed by atoms with Crippen LogP contribution in [0.5, 0.6) is 17.2 Å². The van der Waals surface area contributed by atoms with E-state index in [9.17, 15) is 4.79 Å². The van der Waals surface area contributed by atoms with Gasteiger partial charge in [0.2, 0.25) is 0 Å². The van der Waals surface area contributed by atoms with E-state index in [4.69, 9.17) is 14.2 Å². The minimum absolute atomic E-state index is 0.0620. The van der Waals surface area contributed by atoms with Crippen LogP contribution in [-0.4, -0.2) is 27.1 Å². The summed E-state index contributed by atoms with van der Waals surface area (Å²) in [7, 11) is 4.91. The second-order valence-corrected chi connectivity index (χ2v) is 8.53. The van der Waals surface area contributed by atoms with Gasteiger partial charge in [-0.3, -0.25) is 4.79 Å². The summed E-state index contributed by atoms with van der Waals surface area (Å²) in [5.74, 6) is 2.22. The zero-order chi connectivity index (χ0) is 23.7. The molecule has 6 nitrogen and oxygen atoms in total. The number of hydrogen-bond donors (Lipinski definition) is 2. The van der Waals surface area contributed by atoms with Crippen LogP contribution in [0.2, 0.25) is 0 Å². The Bertz CT molecular complexity index is 1270. The predicted octanol–water partition coefficient (Wildman–Crippen LogP) is 5.69. The standard InChI is InChI=1S/C28H28N2O4/c1-32-19-9-6-8-17(14-19)18-15-23-26(24(31)16-18)27(30-22-12-5-4-11-21(22)29-23)20-10-7-13-25(33-2)28(20)34-3/h4-14,18,27,29-30H,15-16H2,1-3H3/t18-,27+/m0/s1. The second kappa shape index (κ2) is 9.14. The summed E-state index contributed by atoms with van der Waals surface area (Å²) in [4.78, 5) is 13.8. The molecule has 174 valence electrons. The molecule has 0 unspecified atom stereocenters. The first-order valence-electron chi connectivity index (χ1n) is 11.4. The number of anilines is 2. The number of rotatable bonds is 5. The molecule has 2 atom stereocenters. The van der Waals surface area contributed by atoms with Crippen LogP contribution < -0.4 is 24.8 Å². The minimum Gasteiger partial charge on any atom is -0.497 e. The molecule has 2 aliphatic rings. The van der Waals surface area contributed by atoms with Gasteiger partial charge >= 0.3 is 0 Å². The van der Waals surface area contributed by atoms with Crippen molar-refractivity contribution in [2.24, 2.45) is 0 Å². The average molecular weight is 457 g/mol. The van der Waals surface area contributed by atoms with Crippen molar-refractivity contribution >= 4 is 17.2 Å². The topological polar surface area (TPSA) is 68.8 Å². The lowest BCUT2D eigenvalue weighted by Crippen LogP contribution is -2.27. The Morgan fingerprint density at radius 2 is 1.62 bits per heavy atom. The molecule has 0 saturated heterocycles. The number of methoxy groups -OCH3 is 3. The SMILES string of the molecule is COc1cccc([C@@H]2CC(=O)C3=C(C2)Nc2ccccc2N[C@@H]3c2cccc(OC)c2OC)c1. The summed E-state index contributed by atoms with van der Waals surface area (Å²) in [5.41, 5.74) is 5.50. The molecule has 5 rings (SSSR count). The molecule has 0 bridgehead atoms. The molecule has 1 heterocycles. The van der Waals surface area contributed by atoms with E-state index in [0.29, 0.717) is 24.3 Å². The maximum Gasteiger partial charge on any atom is 0.166 e. The number of ketones is 1. The molecule has 6 heteroatoms. The van der Waals surface area contributed by atoms with Crippen LogP contribution in [-0.2, 0) is 4.79 Å². The maximum absolute atomic E-state index is 13.8. The number of carbonyl (C=O) groups excluding carboxylic acids is 1. The van der Waals surface area contributed by atoms with Gasteiger partial charge in [0.15, 0.2) is 17.3 Å². The Kier molecular flexibility index (Phi) is 5.88. The normalized spacial score (nSPS) is 19.2. The van der Waals surface area contributed by atoms with Crippen molar-refractivity contribution in [3.63, 3.8) is 0 Å². The Morgan fingerprint density at radius 1 is 0.824 bits per heavy atom. The summed E-state index contributed by atoms with van der Waals surface area (Å²) in [5, 5.41) is 7.19. The highest BCUT2D eigenvalue weighted by Crippen LogP contribution is 2.47. The fourth-order valence-corrected chi connectivity index (χ4v) is 5.00. The van der Waals surface area contributed by atoms with Gasteiger partial charge in [-0.2, -0.15) is 0 Å². The molecule has 3 aromatic carbocycles. The Balaban J connectivity index is 1.64. The fourth-order valence-electron chi connectivity index (χ4n) is 5.00. The van der Waals surface area contributed by atoms with E-state index in [1.54, 1.807) is 21.3 Å². The van der Waals surface area contributed by atoms with Crippen molar-refractivity contribution in [2.45, 2.75) is 24.8 Å². The number of carbonyl (C=O) groups is 1. The quantitative estimate of drug-likeness (QED) is 0.514. The third-order valence-electron chi connectivity index (χ3n) is 6.62. The molecular formula is C28H28N2O4. The summed E-state index contributed by atoms with van der Waals surface area (Å²) in [6.45, 7) is 0. The highest BCUT2D eigenvalue weighted by molar-refractivity contribution is 6.01. The van der Waals surface area contributed by atoms with Crippen LogP contribution in [0.1, 0.15) is 35.9 Å². The van der Waals surface area contributed by atoms with Crippen LogP contribution in [0.3, 0.4) is 0 Å². The van der Waals surface area contributed by atoms with Crippen LogP contribution in [0.4, 0.5) is 11.4 Å². The van der Waals surface area contributed by atoms with Crippen LogP contribution in [0, 0.1) is 0 Å². The first kappa shape index (κ1) is 21.9. The Hall–Kier alpha value is -3.93. The number of para-hydroxylation sites is 3. The third kappa shape index (κ3) is 3.85. The van der Waals surface area contributed by atoms with Gasteiger partial charge in [0.05, 0.1) is 38.7 Å². The smallest absolute Gasteiger partial charge is 0.166 e. The number of ether oxygens (including phenoxy) is 3. The van der Waals surface area contributed by atoms with Gasteiger partial charge in [-0.1, -0.05) is 36.4 Å². The zero-order valence-corrected chi connectivity index (χ0v) is 19.6. The van der Waals surface area contributed by atoms with Crippen molar-refractivity contribution in [1.82, 2.24) is 0 Å². The average Bonchev–Trinajstić information content (AvgIpc) is 3.05. The van der Waals surface area contributed by atoms with Crippen LogP contribution in [0.15, 0.2) is 78.0 Å². The molecule has 1 aliphatic heterocycles. The van der Waals surface area contributed by atoms with Gasteiger partial charge < -0.3 is 24.8 Å². The minimum atomic E-state index is -0.380. The van der Waals surface area contributed by atoms with Crippen molar-refractivity contribution in [1.29, 1.82) is 0 Å². The summed E-state index contributed by atoms with van der Waals surface area (Å²) in [6.07, 6.45) is 1.14. The summed E-state index contributed by atoms with van der Waals surface area (Å²) >= 11 is 0. The molecule has 0 aromatic heterocycles. The fraction of sp³-hybridized carbons (Fsp3) is 0.250. The third-order valence-corrected chi connectivity index (χ3v) is 6.62. The van der Waals surface area contributed by atoms with E-state index >= 15 is 0 Å². The maximum atomic E-state index is 13.8. The van der Waals surface area contributed by atoms with E-state index in [1.165, 1.54) is 0 Å². The van der Waals surface area contributed by atoms with Gasteiger partial charge in [0, 0.05) is 23.3 Å². The molecule has 0 amide bonds. The van der Waals surface area contributed by atoms with Gasteiger partial charge in [-0.15, -0.1) is 0 Å². The van der Waals surface area contributed by atoms with Crippen molar-refractivity contribution in [3.05, 3.63) is 89.1 Å². The molecule has 0 spiro atoms. The van der Waals surface area contributed by atoms with E-state index in [-0.39, 0.29) is 17.7 Å². The first-order chi connectivity index (χ1) is 16.6. The molecule has 34 heavy (non-hydrogen) atoms. The van der Waals surface area contributed by atoms with Crippen molar-refractivity contribution < 1.29 is 19.0 Å². The molecular weight excluding hydrogens is 428 g/mol. The van der Waals surface area contributed by atoms with E-state index in [2.05, 4.69) is 16.7 Å². The number of hydrogen-bond acceptors (Lipinski definition) is 6. The van der Waals surface area contributed by atoms with Crippen molar-refractivity contribution in [2.75, 3.05) is 32.0 Å². The van der Waals surface area contributed by atoms with Crippen LogP contribution in [0.25, 0.3) is 0 Å². The van der Waals surface area contributed by atoms with E-state index in [1.807, 2.05) is 60.7 Å². The number of allylic oxidation sites excluding steroid dienone is 1. The Morgan fingerprint density at radius 3 is 2.38 bits per heavy atom. The lowest BCUT2D eigenvalue weighted by atomic mass is 9.78. The van der Waals surface area contributed by atoms with Gasteiger partial charge in [-0.25, -0.2) is 0 Å². The number of nitrogens with one attached hydrogen (secondary N) is 2. The van der Waals surface area contributed by atoms with Crippen molar-refractivity contribution in [3.8, 4) is 17.2 Å². The highest BCUT2D eigenvalue weighted by Gasteiger charge is 2.37. The summed E-state index contributed by atoms with van der Waals surface area (Å²) in [6, 6.07) is 21.4. The monoisotopic (exact) mass is 456 g/mol. The number of Topliss-reactive ketones (excluding diaryl/α,β-unsaturated/α-hetero) is 1. The molecule has 3 aromatic rings. The predicted molar refractivity (Wildman–Crippen MR) is 133 cm³/mol. The zero-order valence-electron chi connectivity index (χ0n) is 19.6. The molecule has 1 aliphatic carbocycles. The lowest BCUT2D eigenvalue weighted by Gasteiger charge is -2.30.